The number of hydrogen-bond acceptors (Lipinski definition) is 4. The number of hydrogen-bond donors (Lipinski definition) is 0. The van der Waals surface area contributed by atoms with Gasteiger partial charge in [0.25, 0.3) is 5.91 Å². The van der Waals surface area contributed by atoms with E-state index in [0.29, 0.717) is 23.0 Å². The second-order valence-corrected chi connectivity index (χ2v) is 6.89. The van der Waals surface area contributed by atoms with Crippen LogP contribution in [0.3, 0.4) is 0 Å². The number of furan rings is 1. The number of carbonyl (C=O) groups is 1. The molecule has 136 valence electrons. The topological polar surface area (TPSA) is 64.2 Å². The third-order valence-corrected chi connectivity index (χ3v) is 4.39. The molecular formula is C19H21ClN4O2. The maximum Gasteiger partial charge on any atom is 0.276 e. The molecule has 2 heterocycles. The van der Waals surface area contributed by atoms with E-state index in [2.05, 4.69) is 10.3 Å². The van der Waals surface area contributed by atoms with Crippen molar-refractivity contribution in [1.82, 2.24) is 19.9 Å². The predicted molar refractivity (Wildman–Crippen MR) is 99.6 cm³/mol. The van der Waals surface area contributed by atoms with Crippen molar-refractivity contribution in [3.05, 3.63) is 64.3 Å². The second kappa shape index (κ2) is 7.33. The minimum atomic E-state index is -0.181. The van der Waals surface area contributed by atoms with E-state index in [0.717, 1.165) is 17.2 Å². The van der Waals surface area contributed by atoms with Gasteiger partial charge in [-0.05, 0) is 58.0 Å². The lowest BCUT2D eigenvalue weighted by molar-refractivity contribution is 0.0668. The lowest BCUT2D eigenvalue weighted by Gasteiger charge is -2.25. The van der Waals surface area contributed by atoms with Gasteiger partial charge in [0.05, 0.1) is 17.9 Å². The normalized spacial score (nSPS) is 11.2. The van der Waals surface area contributed by atoms with Gasteiger partial charge in [-0.25, -0.2) is 4.68 Å². The number of carbonyl (C=O) groups excluding carboxylic acids is 1. The molecule has 0 bridgehead atoms. The van der Waals surface area contributed by atoms with Crippen molar-refractivity contribution in [3.8, 4) is 5.69 Å². The molecule has 0 fully saturated rings. The first-order chi connectivity index (χ1) is 12.4. The number of benzene rings is 1. The number of aryl methyl sites for hydroxylation is 1. The molecule has 7 heteroatoms. The van der Waals surface area contributed by atoms with Gasteiger partial charge in [-0.3, -0.25) is 4.79 Å². The summed E-state index contributed by atoms with van der Waals surface area (Å²) >= 11 is 6.05. The molecule has 3 aromatic rings. The van der Waals surface area contributed by atoms with Crippen LogP contribution < -0.4 is 0 Å². The zero-order chi connectivity index (χ0) is 18.8. The molecule has 0 aliphatic rings. The van der Waals surface area contributed by atoms with Crippen molar-refractivity contribution < 1.29 is 9.21 Å². The van der Waals surface area contributed by atoms with E-state index in [9.17, 15) is 4.79 Å². The van der Waals surface area contributed by atoms with Gasteiger partial charge in [-0.15, -0.1) is 5.10 Å². The summed E-state index contributed by atoms with van der Waals surface area (Å²) in [5, 5.41) is 8.86. The fourth-order valence-electron chi connectivity index (χ4n) is 2.74. The minimum Gasteiger partial charge on any atom is -0.464 e. The molecule has 0 N–H and O–H groups in total. The van der Waals surface area contributed by atoms with E-state index >= 15 is 0 Å². The monoisotopic (exact) mass is 372 g/mol. The van der Waals surface area contributed by atoms with E-state index in [1.54, 1.807) is 21.7 Å². The summed E-state index contributed by atoms with van der Waals surface area (Å²) in [4.78, 5) is 14.8. The van der Waals surface area contributed by atoms with Gasteiger partial charge >= 0.3 is 0 Å². The van der Waals surface area contributed by atoms with Crippen molar-refractivity contribution in [2.24, 2.45) is 0 Å². The van der Waals surface area contributed by atoms with Crippen molar-refractivity contribution in [1.29, 1.82) is 0 Å². The van der Waals surface area contributed by atoms with Gasteiger partial charge in [0.15, 0.2) is 5.69 Å². The first-order valence-electron chi connectivity index (χ1n) is 8.41. The largest absolute Gasteiger partial charge is 0.464 e. The van der Waals surface area contributed by atoms with E-state index < -0.39 is 0 Å². The fraction of sp³-hybridized carbons (Fsp3) is 0.316. The van der Waals surface area contributed by atoms with E-state index in [1.165, 1.54) is 0 Å². The zero-order valence-electron chi connectivity index (χ0n) is 15.2. The summed E-state index contributed by atoms with van der Waals surface area (Å²) in [6, 6.07) is 11.0. The maximum atomic E-state index is 13.1. The minimum absolute atomic E-state index is 0.0105. The highest BCUT2D eigenvalue weighted by Crippen LogP contribution is 2.19. The van der Waals surface area contributed by atoms with Gasteiger partial charge < -0.3 is 9.32 Å². The highest BCUT2D eigenvalue weighted by molar-refractivity contribution is 6.30. The van der Waals surface area contributed by atoms with Crippen LogP contribution in [0.15, 0.2) is 40.8 Å². The average Bonchev–Trinajstić information content (AvgIpc) is 3.17. The van der Waals surface area contributed by atoms with Gasteiger partial charge in [0.2, 0.25) is 0 Å². The molecule has 0 aliphatic heterocycles. The molecule has 3 rings (SSSR count). The average molecular weight is 373 g/mol. The van der Waals surface area contributed by atoms with Gasteiger partial charge in [-0.2, -0.15) is 0 Å². The molecule has 0 atom stereocenters. The predicted octanol–water partition coefficient (Wildman–Crippen LogP) is 4.18. The van der Waals surface area contributed by atoms with Crippen molar-refractivity contribution in [2.75, 3.05) is 0 Å². The van der Waals surface area contributed by atoms with Crippen LogP contribution in [-0.4, -0.2) is 31.8 Å². The number of aromatic nitrogens is 3. The molecule has 0 saturated heterocycles. The third kappa shape index (κ3) is 3.65. The highest BCUT2D eigenvalue weighted by atomic mass is 35.5. The van der Waals surface area contributed by atoms with Crippen LogP contribution >= 0.6 is 11.6 Å². The Morgan fingerprint density at radius 3 is 2.65 bits per heavy atom. The molecule has 0 aliphatic carbocycles. The van der Waals surface area contributed by atoms with Crippen LogP contribution in [0, 0.1) is 13.8 Å². The summed E-state index contributed by atoms with van der Waals surface area (Å²) in [6.45, 7) is 8.01. The van der Waals surface area contributed by atoms with Crippen LogP contribution in [-0.2, 0) is 6.54 Å². The van der Waals surface area contributed by atoms with Crippen LogP contribution in [0.5, 0.6) is 0 Å². The van der Waals surface area contributed by atoms with Gasteiger partial charge in [-0.1, -0.05) is 22.9 Å². The van der Waals surface area contributed by atoms with Crippen LogP contribution in [0.1, 0.15) is 41.6 Å². The third-order valence-electron chi connectivity index (χ3n) is 4.16. The summed E-state index contributed by atoms with van der Waals surface area (Å²) in [5.41, 5.74) is 1.75. The Morgan fingerprint density at radius 2 is 2.04 bits per heavy atom. The van der Waals surface area contributed by atoms with Gasteiger partial charge in [0, 0.05) is 11.1 Å². The quantitative estimate of drug-likeness (QED) is 0.673. The molecule has 0 unspecified atom stereocenters. The van der Waals surface area contributed by atoms with Crippen molar-refractivity contribution in [3.63, 3.8) is 0 Å². The Morgan fingerprint density at radius 1 is 1.27 bits per heavy atom. The van der Waals surface area contributed by atoms with Crippen molar-refractivity contribution in [2.45, 2.75) is 40.3 Å². The number of amides is 1. The summed E-state index contributed by atoms with van der Waals surface area (Å²) in [5.74, 6) is 1.38. The maximum absolute atomic E-state index is 13.1. The molecule has 0 spiro atoms. The second-order valence-electron chi connectivity index (χ2n) is 6.45. The highest BCUT2D eigenvalue weighted by Gasteiger charge is 2.26. The zero-order valence-corrected chi connectivity index (χ0v) is 16.0. The molecular weight excluding hydrogens is 352 g/mol. The summed E-state index contributed by atoms with van der Waals surface area (Å²) in [6.07, 6.45) is 0. The molecule has 1 aromatic carbocycles. The SMILES string of the molecule is Cc1ccc(CN(C(=O)c2nnn(-c3cccc(Cl)c3)c2C)C(C)C)o1. The Labute approximate surface area is 157 Å². The lowest BCUT2D eigenvalue weighted by atomic mass is 10.2. The molecule has 0 radical (unpaired) electrons. The fourth-order valence-corrected chi connectivity index (χ4v) is 2.93. The lowest BCUT2D eigenvalue weighted by Crippen LogP contribution is -2.37. The molecule has 6 nitrogen and oxygen atoms in total. The Hall–Kier alpha value is -2.60. The van der Waals surface area contributed by atoms with Gasteiger partial charge in [0.1, 0.15) is 11.5 Å². The number of halogens is 1. The van der Waals surface area contributed by atoms with E-state index in [1.807, 2.05) is 52.0 Å². The first kappa shape index (κ1) is 18.2. The van der Waals surface area contributed by atoms with Crippen LogP contribution in [0.4, 0.5) is 0 Å². The summed E-state index contributed by atoms with van der Waals surface area (Å²) < 4.78 is 7.24. The van der Waals surface area contributed by atoms with Crippen LogP contribution in [0.25, 0.3) is 5.69 Å². The van der Waals surface area contributed by atoms with E-state index in [-0.39, 0.29) is 11.9 Å². The Kier molecular flexibility index (Phi) is 5.13. The standard InChI is InChI=1S/C19H21ClN4O2/c1-12(2)23(11-17-9-8-13(3)26-17)19(25)18-14(4)24(22-21-18)16-7-5-6-15(20)10-16/h5-10,12H,11H2,1-4H3. The summed E-state index contributed by atoms with van der Waals surface area (Å²) in [7, 11) is 0. The molecule has 2 aromatic heterocycles. The first-order valence-corrected chi connectivity index (χ1v) is 8.79. The Bertz CT molecular complexity index is 929. The molecule has 0 saturated carbocycles. The van der Waals surface area contributed by atoms with Crippen molar-refractivity contribution >= 4 is 17.5 Å². The molecule has 26 heavy (non-hydrogen) atoms. The number of rotatable bonds is 5. The Balaban J connectivity index is 1.90. The van der Waals surface area contributed by atoms with E-state index in [4.69, 9.17) is 16.0 Å². The smallest absolute Gasteiger partial charge is 0.276 e. The number of nitrogens with zero attached hydrogens (tertiary/aromatic N) is 4. The molecule has 1 amide bonds. The van der Waals surface area contributed by atoms with Crippen LogP contribution in [0.2, 0.25) is 5.02 Å².